The molecular weight excluding hydrogens is 303 g/mol. The number of nitrogens with one attached hydrogen (secondary N) is 2. The van der Waals surface area contributed by atoms with E-state index in [1.807, 2.05) is 37.4 Å². The Morgan fingerprint density at radius 1 is 1.21 bits per heavy atom. The number of hydrogen-bond donors (Lipinski definition) is 2. The summed E-state index contributed by atoms with van der Waals surface area (Å²) in [5, 5.41) is 4.00. The summed E-state index contributed by atoms with van der Waals surface area (Å²) in [7, 11) is 0. The Morgan fingerprint density at radius 2 is 1.96 bits per heavy atom. The normalized spacial score (nSPS) is 11.7. The molecule has 24 heavy (non-hydrogen) atoms. The lowest BCUT2D eigenvalue weighted by molar-refractivity contribution is 0.0945. The molecule has 124 valence electrons. The van der Waals surface area contributed by atoms with E-state index in [0.717, 1.165) is 22.0 Å². The van der Waals surface area contributed by atoms with E-state index in [9.17, 15) is 9.18 Å². The van der Waals surface area contributed by atoms with Crippen molar-refractivity contribution in [3.05, 3.63) is 71.2 Å². The molecule has 4 heteroatoms. The van der Waals surface area contributed by atoms with Gasteiger partial charge in [0.15, 0.2) is 0 Å². The van der Waals surface area contributed by atoms with Crippen LogP contribution in [0.25, 0.3) is 10.9 Å². The van der Waals surface area contributed by atoms with E-state index in [1.54, 1.807) is 6.07 Å². The lowest BCUT2D eigenvalue weighted by atomic mass is 9.84. The summed E-state index contributed by atoms with van der Waals surface area (Å²) < 4.78 is 13.3. The highest BCUT2D eigenvalue weighted by atomic mass is 19.1. The summed E-state index contributed by atoms with van der Waals surface area (Å²) in [4.78, 5) is 15.5. The van der Waals surface area contributed by atoms with Gasteiger partial charge in [-0.2, -0.15) is 0 Å². The summed E-state index contributed by atoms with van der Waals surface area (Å²) in [6.07, 6.45) is 1.89. The van der Waals surface area contributed by atoms with Crippen LogP contribution in [0.5, 0.6) is 0 Å². The number of aromatic nitrogens is 1. The van der Waals surface area contributed by atoms with E-state index in [-0.39, 0.29) is 17.1 Å². The highest BCUT2D eigenvalue weighted by Crippen LogP contribution is 2.30. The summed E-state index contributed by atoms with van der Waals surface area (Å²) in [6.45, 7) is 6.55. The van der Waals surface area contributed by atoms with Gasteiger partial charge in [-0.1, -0.05) is 32.0 Å². The van der Waals surface area contributed by atoms with E-state index in [2.05, 4.69) is 24.1 Å². The molecule has 0 radical (unpaired) electrons. The van der Waals surface area contributed by atoms with Crippen LogP contribution in [-0.4, -0.2) is 17.4 Å². The zero-order valence-electron chi connectivity index (χ0n) is 14.1. The van der Waals surface area contributed by atoms with Gasteiger partial charge >= 0.3 is 0 Å². The highest BCUT2D eigenvalue weighted by Gasteiger charge is 2.25. The smallest absolute Gasteiger partial charge is 0.251 e. The van der Waals surface area contributed by atoms with Gasteiger partial charge in [-0.05, 0) is 42.3 Å². The van der Waals surface area contributed by atoms with Crippen LogP contribution in [0.1, 0.15) is 35.3 Å². The molecule has 0 spiro atoms. The van der Waals surface area contributed by atoms with Gasteiger partial charge in [-0.15, -0.1) is 0 Å². The molecule has 3 aromatic rings. The fourth-order valence-electron chi connectivity index (χ4n) is 2.98. The third-order valence-corrected chi connectivity index (χ3v) is 4.45. The maximum absolute atomic E-state index is 13.3. The van der Waals surface area contributed by atoms with Crippen molar-refractivity contribution in [2.24, 2.45) is 0 Å². The van der Waals surface area contributed by atoms with Crippen molar-refractivity contribution in [3.8, 4) is 0 Å². The third-order valence-electron chi connectivity index (χ3n) is 4.45. The second-order valence-corrected chi connectivity index (χ2v) is 6.77. The first-order valence-electron chi connectivity index (χ1n) is 7.99. The first-order chi connectivity index (χ1) is 11.4. The second-order valence-electron chi connectivity index (χ2n) is 6.77. The number of amides is 1. The monoisotopic (exact) mass is 324 g/mol. The topological polar surface area (TPSA) is 44.9 Å². The van der Waals surface area contributed by atoms with E-state index in [4.69, 9.17) is 0 Å². The number of carbonyl (C=O) groups is 1. The van der Waals surface area contributed by atoms with Gasteiger partial charge in [0.2, 0.25) is 0 Å². The van der Waals surface area contributed by atoms with Crippen molar-refractivity contribution in [1.82, 2.24) is 10.3 Å². The molecule has 0 saturated heterocycles. The maximum atomic E-state index is 13.3. The number of hydrogen-bond acceptors (Lipinski definition) is 1. The Bertz CT molecular complexity index is 896. The number of fused-ring (bicyclic) bond motifs is 1. The van der Waals surface area contributed by atoms with Crippen molar-refractivity contribution >= 4 is 16.8 Å². The largest absolute Gasteiger partial charge is 0.361 e. The Kier molecular flexibility index (Phi) is 4.14. The quantitative estimate of drug-likeness (QED) is 0.737. The molecule has 1 amide bonds. The summed E-state index contributed by atoms with van der Waals surface area (Å²) in [5.74, 6) is -0.339. The predicted octanol–water partition coefficient (Wildman–Crippen LogP) is 4.32. The molecule has 1 heterocycles. The van der Waals surface area contributed by atoms with E-state index >= 15 is 0 Å². The lowest BCUT2D eigenvalue weighted by Crippen LogP contribution is -2.36. The predicted molar refractivity (Wildman–Crippen MR) is 94.8 cm³/mol. The average Bonchev–Trinajstić information content (AvgIpc) is 2.97. The van der Waals surface area contributed by atoms with Gasteiger partial charge in [0, 0.05) is 34.6 Å². The van der Waals surface area contributed by atoms with E-state index < -0.39 is 0 Å². The van der Waals surface area contributed by atoms with Crippen molar-refractivity contribution in [2.75, 3.05) is 6.54 Å². The molecule has 1 aromatic heterocycles. The van der Waals surface area contributed by atoms with Crippen molar-refractivity contribution in [3.63, 3.8) is 0 Å². The average molecular weight is 324 g/mol. The first-order valence-corrected chi connectivity index (χ1v) is 7.99. The zero-order valence-corrected chi connectivity index (χ0v) is 14.1. The molecule has 0 aliphatic carbocycles. The highest BCUT2D eigenvalue weighted by molar-refractivity contribution is 5.95. The first kappa shape index (κ1) is 16.2. The number of rotatable bonds is 4. The number of benzene rings is 2. The molecule has 0 fully saturated rings. The molecule has 0 aliphatic heterocycles. The minimum atomic E-state index is -0.283. The lowest BCUT2D eigenvalue weighted by Gasteiger charge is -2.25. The van der Waals surface area contributed by atoms with Crippen LogP contribution in [0.3, 0.4) is 0 Å². The molecule has 2 N–H and O–H groups in total. The molecule has 0 unspecified atom stereocenters. The fourth-order valence-corrected chi connectivity index (χ4v) is 2.98. The number of aromatic amines is 1. The fraction of sp³-hybridized carbons (Fsp3) is 0.250. The van der Waals surface area contributed by atoms with Gasteiger partial charge in [0.05, 0.1) is 0 Å². The Hall–Kier alpha value is -2.62. The molecule has 0 aliphatic rings. The minimum Gasteiger partial charge on any atom is -0.361 e. The van der Waals surface area contributed by atoms with Gasteiger partial charge in [0.25, 0.3) is 5.91 Å². The Morgan fingerprint density at radius 3 is 2.71 bits per heavy atom. The van der Waals surface area contributed by atoms with Crippen molar-refractivity contribution in [1.29, 1.82) is 0 Å². The van der Waals surface area contributed by atoms with E-state index in [1.165, 1.54) is 12.1 Å². The molecule has 0 saturated carbocycles. The molecule has 2 aromatic carbocycles. The van der Waals surface area contributed by atoms with Gasteiger partial charge in [0.1, 0.15) is 5.82 Å². The standard InChI is InChI=1S/C20H21FN2O/c1-13-6-4-5-7-15(13)19(24)23-12-20(2,3)17-11-22-18-10-14(21)8-9-16(17)18/h4-11,22H,12H2,1-3H3,(H,23,24). The Balaban J connectivity index is 1.80. The van der Waals surface area contributed by atoms with Crippen molar-refractivity contribution < 1.29 is 9.18 Å². The van der Waals surface area contributed by atoms with Crippen LogP contribution in [0.15, 0.2) is 48.7 Å². The molecular formula is C20H21FN2O. The zero-order chi connectivity index (χ0) is 17.3. The Labute approximate surface area is 140 Å². The summed E-state index contributed by atoms with van der Waals surface area (Å²) in [5.41, 5.74) is 3.18. The molecule has 0 bridgehead atoms. The minimum absolute atomic E-state index is 0.0768. The maximum Gasteiger partial charge on any atom is 0.251 e. The van der Waals surface area contributed by atoms with Crippen LogP contribution < -0.4 is 5.32 Å². The molecule has 3 nitrogen and oxygen atoms in total. The molecule has 3 rings (SSSR count). The summed E-state index contributed by atoms with van der Waals surface area (Å²) >= 11 is 0. The number of halogens is 1. The van der Waals surface area contributed by atoms with E-state index in [0.29, 0.717) is 12.1 Å². The SMILES string of the molecule is Cc1ccccc1C(=O)NCC(C)(C)c1c[nH]c2cc(F)ccc12. The third kappa shape index (κ3) is 3.04. The van der Waals surface area contributed by atoms with Crippen LogP contribution >= 0.6 is 0 Å². The van der Waals surface area contributed by atoms with Crippen LogP contribution in [0, 0.1) is 12.7 Å². The van der Waals surface area contributed by atoms with Gasteiger partial charge < -0.3 is 10.3 Å². The van der Waals surface area contributed by atoms with Crippen molar-refractivity contribution in [2.45, 2.75) is 26.2 Å². The number of carbonyl (C=O) groups excluding carboxylic acids is 1. The number of aryl methyl sites for hydroxylation is 1. The van der Waals surface area contributed by atoms with Crippen LogP contribution in [0.2, 0.25) is 0 Å². The second kappa shape index (κ2) is 6.11. The molecule has 0 atom stereocenters. The van der Waals surface area contributed by atoms with Crippen LogP contribution in [0.4, 0.5) is 4.39 Å². The van der Waals surface area contributed by atoms with Crippen LogP contribution in [-0.2, 0) is 5.41 Å². The van der Waals surface area contributed by atoms with Gasteiger partial charge in [-0.25, -0.2) is 4.39 Å². The summed E-state index contributed by atoms with van der Waals surface area (Å²) in [6, 6.07) is 12.3. The number of H-pyrrole nitrogens is 1. The van der Waals surface area contributed by atoms with Gasteiger partial charge in [-0.3, -0.25) is 4.79 Å².